The van der Waals surface area contributed by atoms with Crippen LogP contribution in [0.1, 0.15) is 38.2 Å². The zero-order valence-electron chi connectivity index (χ0n) is 11.3. The van der Waals surface area contributed by atoms with Crippen molar-refractivity contribution in [2.45, 2.75) is 32.6 Å². The highest BCUT2D eigenvalue weighted by Crippen LogP contribution is 2.21. The minimum Gasteiger partial charge on any atom is -0.493 e. The van der Waals surface area contributed by atoms with Gasteiger partial charge in [0.05, 0.1) is 6.61 Å². The summed E-state index contributed by atoms with van der Waals surface area (Å²) < 4.78 is 5.91. The number of hydrogen-bond donors (Lipinski definition) is 1. The second-order valence-electron chi connectivity index (χ2n) is 5.23. The molecule has 1 aromatic carbocycles. The highest BCUT2D eigenvalue weighted by Gasteiger charge is 2.13. The molecule has 2 nitrogen and oxygen atoms in total. The molecule has 1 aliphatic rings. The SMILES string of the molecule is CC(C)c1cccc(OCC2CCNCC2)c1.Cl. The van der Waals surface area contributed by atoms with Crippen LogP contribution in [0, 0.1) is 5.92 Å². The molecule has 102 valence electrons. The maximum absolute atomic E-state index is 5.91. The van der Waals surface area contributed by atoms with Gasteiger partial charge in [0.2, 0.25) is 0 Å². The number of rotatable bonds is 4. The molecular formula is C15H24ClNO. The Kier molecular flexibility index (Phi) is 6.51. The molecule has 1 fully saturated rings. The fraction of sp³-hybridized carbons (Fsp3) is 0.600. The Morgan fingerprint density at radius 2 is 2.00 bits per heavy atom. The van der Waals surface area contributed by atoms with Crippen molar-refractivity contribution < 1.29 is 4.74 Å². The van der Waals surface area contributed by atoms with E-state index in [2.05, 4.69) is 43.4 Å². The summed E-state index contributed by atoms with van der Waals surface area (Å²) in [6.45, 7) is 7.57. The van der Waals surface area contributed by atoms with E-state index in [1.165, 1.54) is 18.4 Å². The average Bonchev–Trinajstić information content (AvgIpc) is 2.38. The lowest BCUT2D eigenvalue weighted by atomic mass is 9.99. The van der Waals surface area contributed by atoms with Crippen molar-refractivity contribution in [1.82, 2.24) is 5.32 Å². The molecule has 2 rings (SSSR count). The standard InChI is InChI=1S/C15H23NO.ClH/c1-12(2)14-4-3-5-15(10-14)17-11-13-6-8-16-9-7-13;/h3-5,10,12-13,16H,6-9,11H2,1-2H3;1H. The van der Waals surface area contributed by atoms with Crippen LogP contribution in [0.25, 0.3) is 0 Å². The van der Waals surface area contributed by atoms with Crippen LogP contribution in [0.4, 0.5) is 0 Å². The molecule has 0 atom stereocenters. The van der Waals surface area contributed by atoms with Gasteiger partial charge in [-0.05, 0) is 55.5 Å². The first-order valence-corrected chi connectivity index (χ1v) is 6.69. The fourth-order valence-corrected chi connectivity index (χ4v) is 2.23. The van der Waals surface area contributed by atoms with E-state index in [9.17, 15) is 0 Å². The summed E-state index contributed by atoms with van der Waals surface area (Å²) in [5.74, 6) is 2.31. The highest BCUT2D eigenvalue weighted by molar-refractivity contribution is 5.85. The van der Waals surface area contributed by atoms with Crippen molar-refractivity contribution in [3.63, 3.8) is 0 Å². The summed E-state index contributed by atoms with van der Waals surface area (Å²) >= 11 is 0. The molecule has 1 saturated heterocycles. The van der Waals surface area contributed by atoms with Gasteiger partial charge in [-0.2, -0.15) is 0 Å². The molecule has 0 aliphatic carbocycles. The summed E-state index contributed by atoms with van der Waals surface area (Å²) in [5.41, 5.74) is 1.35. The molecule has 0 aromatic heterocycles. The third-order valence-corrected chi connectivity index (χ3v) is 3.47. The van der Waals surface area contributed by atoms with Crippen LogP contribution in [0.5, 0.6) is 5.75 Å². The van der Waals surface area contributed by atoms with Gasteiger partial charge >= 0.3 is 0 Å². The Morgan fingerprint density at radius 1 is 1.28 bits per heavy atom. The van der Waals surface area contributed by atoms with Gasteiger partial charge in [0.1, 0.15) is 5.75 Å². The number of nitrogens with one attached hydrogen (secondary N) is 1. The zero-order chi connectivity index (χ0) is 12.1. The number of ether oxygens (including phenoxy) is 1. The van der Waals surface area contributed by atoms with Crippen molar-refractivity contribution in [2.24, 2.45) is 5.92 Å². The Morgan fingerprint density at radius 3 is 2.67 bits per heavy atom. The summed E-state index contributed by atoms with van der Waals surface area (Å²) in [4.78, 5) is 0. The van der Waals surface area contributed by atoms with Crippen LogP contribution >= 0.6 is 12.4 Å². The largest absolute Gasteiger partial charge is 0.493 e. The third kappa shape index (κ3) is 4.51. The number of hydrogen-bond acceptors (Lipinski definition) is 2. The fourth-order valence-electron chi connectivity index (χ4n) is 2.23. The van der Waals surface area contributed by atoms with Gasteiger partial charge in [-0.15, -0.1) is 12.4 Å². The first kappa shape index (κ1) is 15.3. The van der Waals surface area contributed by atoms with Crippen molar-refractivity contribution in [3.8, 4) is 5.75 Å². The first-order chi connectivity index (χ1) is 8.25. The van der Waals surface area contributed by atoms with Crippen LogP contribution in [0.3, 0.4) is 0 Å². The Bertz CT molecular complexity index is 348. The number of halogens is 1. The van der Waals surface area contributed by atoms with Gasteiger partial charge in [0, 0.05) is 0 Å². The van der Waals surface area contributed by atoms with E-state index in [0.717, 1.165) is 31.4 Å². The van der Waals surface area contributed by atoms with E-state index in [1.807, 2.05) is 0 Å². The first-order valence-electron chi connectivity index (χ1n) is 6.69. The van der Waals surface area contributed by atoms with Gasteiger partial charge < -0.3 is 10.1 Å². The van der Waals surface area contributed by atoms with E-state index >= 15 is 0 Å². The smallest absolute Gasteiger partial charge is 0.119 e. The lowest BCUT2D eigenvalue weighted by Gasteiger charge is -2.22. The van der Waals surface area contributed by atoms with E-state index < -0.39 is 0 Å². The predicted octanol–water partition coefficient (Wildman–Crippen LogP) is 3.61. The summed E-state index contributed by atoms with van der Waals surface area (Å²) in [5, 5.41) is 3.38. The summed E-state index contributed by atoms with van der Waals surface area (Å²) in [6.07, 6.45) is 2.48. The molecule has 3 heteroatoms. The normalized spacial score (nSPS) is 16.4. The topological polar surface area (TPSA) is 21.3 Å². The van der Waals surface area contributed by atoms with E-state index in [1.54, 1.807) is 0 Å². The molecule has 1 N–H and O–H groups in total. The molecule has 1 aromatic rings. The van der Waals surface area contributed by atoms with Gasteiger partial charge in [0.15, 0.2) is 0 Å². The molecule has 0 spiro atoms. The molecule has 0 saturated carbocycles. The minimum atomic E-state index is 0. The Labute approximate surface area is 117 Å². The number of benzene rings is 1. The van der Waals surface area contributed by atoms with E-state index in [-0.39, 0.29) is 12.4 Å². The van der Waals surface area contributed by atoms with Crippen LogP contribution in [0.2, 0.25) is 0 Å². The molecule has 18 heavy (non-hydrogen) atoms. The monoisotopic (exact) mass is 269 g/mol. The lowest BCUT2D eigenvalue weighted by molar-refractivity contribution is 0.215. The van der Waals surface area contributed by atoms with E-state index in [0.29, 0.717) is 5.92 Å². The molecule has 0 unspecified atom stereocenters. The molecule has 0 radical (unpaired) electrons. The van der Waals surface area contributed by atoms with Gasteiger partial charge in [-0.25, -0.2) is 0 Å². The van der Waals surface area contributed by atoms with Crippen LogP contribution < -0.4 is 10.1 Å². The minimum absolute atomic E-state index is 0. The van der Waals surface area contributed by atoms with Crippen LogP contribution in [0.15, 0.2) is 24.3 Å². The molecule has 1 aliphatic heterocycles. The zero-order valence-corrected chi connectivity index (χ0v) is 12.1. The predicted molar refractivity (Wildman–Crippen MR) is 78.9 cm³/mol. The van der Waals surface area contributed by atoms with Gasteiger partial charge in [-0.1, -0.05) is 26.0 Å². The Balaban J connectivity index is 0.00000162. The quantitative estimate of drug-likeness (QED) is 0.902. The van der Waals surface area contributed by atoms with Crippen molar-refractivity contribution in [2.75, 3.05) is 19.7 Å². The van der Waals surface area contributed by atoms with Crippen molar-refractivity contribution in [3.05, 3.63) is 29.8 Å². The lowest BCUT2D eigenvalue weighted by Crippen LogP contribution is -2.30. The van der Waals surface area contributed by atoms with Crippen LogP contribution in [-0.4, -0.2) is 19.7 Å². The summed E-state index contributed by atoms with van der Waals surface area (Å²) in [6, 6.07) is 8.49. The van der Waals surface area contributed by atoms with Crippen molar-refractivity contribution >= 4 is 12.4 Å². The summed E-state index contributed by atoms with van der Waals surface area (Å²) in [7, 11) is 0. The highest BCUT2D eigenvalue weighted by atomic mass is 35.5. The maximum atomic E-state index is 5.91. The van der Waals surface area contributed by atoms with E-state index in [4.69, 9.17) is 4.74 Å². The molecule has 1 heterocycles. The van der Waals surface area contributed by atoms with Crippen molar-refractivity contribution in [1.29, 1.82) is 0 Å². The van der Waals surface area contributed by atoms with Gasteiger partial charge in [-0.3, -0.25) is 0 Å². The average molecular weight is 270 g/mol. The second kappa shape index (κ2) is 7.65. The molecular weight excluding hydrogens is 246 g/mol. The van der Waals surface area contributed by atoms with Crippen LogP contribution in [-0.2, 0) is 0 Å². The maximum Gasteiger partial charge on any atom is 0.119 e. The molecule has 0 bridgehead atoms. The second-order valence-corrected chi connectivity index (χ2v) is 5.23. The van der Waals surface area contributed by atoms with Gasteiger partial charge in [0.25, 0.3) is 0 Å². The third-order valence-electron chi connectivity index (χ3n) is 3.47. The number of piperidine rings is 1. The molecule has 0 amide bonds. The Hall–Kier alpha value is -0.730.